The van der Waals surface area contributed by atoms with Gasteiger partial charge >= 0.3 is 6.18 Å². The second-order valence-electron chi connectivity index (χ2n) is 12.7. The predicted molar refractivity (Wildman–Crippen MR) is 208 cm³/mol. The summed E-state index contributed by atoms with van der Waals surface area (Å²) in [6.07, 6.45) is -4.86. The number of sulfonamides is 1. The molecule has 1 saturated heterocycles. The molecule has 1 aromatic heterocycles. The van der Waals surface area contributed by atoms with E-state index in [2.05, 4.69) is 20.4 Å². The molecule has 4 aromatic carbocycles. The Morgan fingerprint density at radius 3 is 2.20 bits per heavy atom. The lowest BCUT2D eigenvalue weighted by molar-refractivity contribution is -0.137. The van der Waals surface area contributed by atoms with E-state index in [9.17, 15) is 31.5 Å². The summed E-state index contributed by atoms with van der Waals surface area (Å²) in [4.78, 5) is 17.3. The number of piperazine rings is 1. The van der Waals surface area contributed by atoms with Crippen LogP contribution in [-0.4, -0.2) is 87.2 Å². The average molecular weight is 809 g/mol. The minimum Gasteiger partial charge on any atom is -0.508 e. The molecule has 0 saturated carbocycles. The van der Waals surface area contributed by atoms with Crippen LogP contribution in [0.3, 0.4) is 0 Å². The molecule has 0 spiro atoms. The van der Waals surface area contributed by atoms with E-state index in [1.165, 1.54) is 23.9 Å². The van der Waals surface area contributed by atoms with Crippen molar-refractivity contribution < 1.29 is 41.0 Å². The summed E-state index contributed by atoms with van der Waals surface area (Å²) >= 11 is 1.46. The zero-order valence-electron chi connectivity index (χ0n) is 30.4. The highest BCUT2D eigenvalue weighted by molar-refractivity contribution is 7.99. The number of nitrogens with one attached hydrogen (secondary N) is 2. The number of methoxy groups -OCH3 is 2. The first kappa shape index (κ1) is 40.2. The topological polar surface area (TPSA) is 146 Å². The molecule has 0 aliphatic carbocycles. The minimum absolute atomic E-state index is 0.152. The summed E-state index contributed by atoms with van der Waals surface area (Å²) in [5.41, 5.74) is 0.735. The van der Waals surface area contributed by atoms with Gasteiger partial charge in [-0.15, -0.1) is 22.0 Å². The van der Waals surface area contributed by atoms with Crippen molar-refractivity contribution >= 4 is 39.2 Å². The lowest BCUT2D eigenvalue weighted by atomic mass is 10.0. The molecular formula is C39H39F3N6O6S2. The Labute approximate surface area is 326 Å². The van der Waals surface area contributed by atoms with Gasteiger partial charge in [0.15, 0.2) is 11.5 Å². The van der Waals surface area contributed by atoms with Crippen molar-refractivity contribution in [2.24, 2.45) is 0 Å². The number of carbonyl (C=O) groups is 1. The number of thioether (sulfide) groups is 1. The smallest absolute Gasteiger partial charge is 0.418 e. The van der Waals surface area contributed by atoms with E-state index in [-0.39, 0.29) is 23.7 Å². The van der Waals surface area contributed by atoms with E-state index in [0.717, 1.165) is 33.7 Å². The molecule has 5 aromatic rings. The van der Waals surface area contributed by atoms with Gasteiger partial charge in [-0.25, -0.2) is 13.1 Å². The van der Waals surface area contributed by atoms with Crippen LogP contribution in [0.15, 0.2) is 107 Å². The Hall–Kier alpha value is -5.52. The van der Waals surface area contributed by atoms with E-state index < -0.39 is 32.6 Å². The zero-order valence-corrected chi connectivity index (χ0v) is 32.0. The molecule has 1 aliphatic rings. The number of nitrogens with zero attached hydrogens (tertiary/aromatic N) is 4. The molecule has 6 rings (SSSR count). The van der Waals surface area contributed by atoms with Crippen molar-refractivity contribution in [1.82, 2.24) is 19.8 Å². The van der Waals surface area contributed by atoms with Crippen LogP contribution in [0.5, 0.6) is 17.2 Å². The fraction of sp³-hybridized carbons (Fsp3) is 0.256. The van der Waals surface area contributed by atoms with Crippen molar-refractivity contribution in [1.29, 1.82) is 0 Å². The Morgan fingerprint density at radius 2 is 1.57 bits per heavy atom. The van der Waals surface area contributed by atoms with Gasteiger partial charge in [0.2, 0.25) is 0 Å². The van der Waals surface area contributed by atoms with Gasteiger partial charge in [0, 0.05) is 55.6 Å². The van der Waals surface area contributed by atoms with Gasteiger partial charge in [-0.1, -0.05) is 30.3 Å². The van der Waals surface area contributed by atoms with E-state index in [0.29, 0.717) is 61.9 Å². The summed E-state index contributed by atoms with van der Waals surface area (Å²) in [5, 5.41) is 20.7. The van der Waals surface area contributed by atoms with Crippen LogP contribution < -0.4 is 24.4 Å². The lowest BCUT2D eigenvalue weighted by Gasteiger charge is -2.35. The first-order chi connectivity index (χ1) is 26.8. The summed E-state index contributed by atoms with van der Waals surface area (Å²) in [7, 11) is -1.52. The monoisotopic (exact) mass is 808 g/mol. The molecule has 0 unspecified atom stereocenters. The summed E-state index contributed by atoms with van der Waals surface area (Å²) < 4.78 is 81.4. The van der Waals surface area contributed by atoms with E-state index in [1.807, 2.05) is 58.2 Å². The van der Waals surface area contributed by atoms with Crippen molar-refractivity contribution in [3.63, 3.8) is 0 Å². The fourth-order valence-corrected chi connectivity index (χ4v) is 7.93. The number of hydrogen-bond donors (Lipinski definition) is 3. The third kappa shape index (κ3) is 9.82. The van der Waals surface area contributed by atoms with Crippen LogP contribution in [0.25, 0.3) is 11.1 Å². The van der Waals surface area contributed by atoms with E-state index in [4.69, 9.17) is 9.47 Å². The maximum atomic E-state index is 14.0. The highest BCUT2D eigenvalue weighted by Gasteiger charge is 2.35. The number of hydrogen-bond acceptors (Lipinski definition) is 12. The standard InChI is InChI=1S/C39H39F3N6O6S2/c1-53-35-22-27(26-7-6-8-28(49)21-26)23-36(54-2)31(35)25-47-16-18-48(19-17-47)37-14-13-34(44-45-37)38(50)46-56(51,52)30-11-12-33(32(24-30)39(40,41)42)43-15-20-55-29-9-4-3-5-10-29/h3-14,21-24,43,49H,15-20,25H2,1-2H3,(H,46,50). The highest BCUT2D eigenvalue weighted by atomic mass is 32.2. The highest BCUT2D eigenvalue weighted by Crippen LogP contribution is 2.38. The Balaban J connectivity index is 1.05. The van der Waals surface area contributed by atoms with Gasteiger partial charge in [-0.05, 0) is 77.9 Å². The third-order valence-electron chi connectivity index (χ3n) is 9.01. The molecule has 2 heterocycles. The predicted octanol–water partition coefficient (Wildman–Crippen LogP) is 6.53. The van der Waals surface area contributed by atoms with Gasteiger partial charge in [0.1, 0.15) is 17.2 Å². The van der Waals surface area contributed by atoms with Crippen molar-refractivity contribution in [2.45, 2.75) is 22.5 Å². The number of rotatable bonds is 14. The fourth-order valence-electron chi connectivity index (χ4n) is 6.15. The Bertz CT molecular complexity index is 2230. The SMILES string of the molecule is COc1cc(-c2cccc(O)c2)cc(OC)c1CN1CCN(c2ccc(C(=O)NS(=O)(=O)c3ccc(NCCSc4ccccc4)c(C(F)(F)F)c3)nn2)CC1. The number of aromatic nitrogens is 2. The quantitative estimate of drug-likeness (QED) is 0.0829. The molecule has 0 bridgehead atoms. The van der Waals surface area contributed by atoms with Crippen LogP contribution in [0.1, 0.15) is 21.6 Å². The number of benzene rings is 4. The minimum atomic E-state index is -4.86. The first-order valence-electron chi connectivity index (χ1n) is 17.4. The molecular weight excluding hydrogens is 770 g/mol. The zero-order chi connectivity index (χ0) is 39.9. The van der Waals surface area contributed by atoms with Gasteiger partial charge in [0.05, 0.1) is 30.2 Å². The average Bonchev–Trinajstić information content (AvgIpc) is 3.19. The van der Waals surface area contributed by atoms with Gasteiger partial charge < -0.3 is 24.8 Å². The molecule has 1 aliphatic heterocycles. The number of aromatic hydroxyl groups is 1. The second kappa shape index (κ2) is 17.5. The van der Waals surface area contributed by atoms with Crippen LogP contribution in [0.2, 0.25) is 0 Å². The Kier molecular flexibility index (Phi) is 12.6. The maximum absolute atomic E-state index is 14.0. The number of phenols is 1. The first-order valence-corrected chi connectivity index (χ1v) is 19.9. The summed E-state index contributed by atoms with van der Waals surface area (Å²) in [5.74, 6) is 1.24. The van der Waals surface area contributed by atoms with Gasteiger partial charge in [-0.3, -0.25) is 9.69 Å². The van der Waals surface area contributed by atoms with Crippen molar-refractivity contribution in [3.05, 3.63) is 114 Å². The van der Waals surface area contributed by atoms with Crippen LogP contribution in [-0.2, 0) is 22.7 Å². The van der Waals surface area contributed by atoms with Gasteiger partial charge in [-0.2, -0.15) is 13.2 Å². The van der Waals surface area contributed by atoms with Crippen LogP contribution >= 0.6 is 11.8 Å². The molecule has 0 atom stereocenters. The lowest BCUT2D eigenvalue weighted by Crippen LogP contribution is -2.46. The number of alkyl halides is 3. The molecule has 12 nitrogen and oxygen atoms in total. The molecule has 56 heavy (non-hydrogen) atoms. The molecule has 17 heteroatoms. The summed E-state index contributed by atoms with van der Waals surface area (Å²) in [6.45, 7) is 3.15. The number of anilines is 2. The van der Waals surface area contributed by atoms with Crippen LogP contribution in [0, 0.1) is 0 Å². The number of carbonyl (C=O) groups excluding carboxylic acids is 1. The molecule has 1 amide bonds. The van der Waals surface area contributed by atoms with E-state index >= 15 is 0 Å². The number of amides is 1. The largest absolute Gasteiger partial charge is 0.508 e. The molecule has 3 N–H and O–H groups in total. The Morgan fingerprint density at radius 1 is 0.857 bits per heavy atom. The van der Waals surface area contributed by atoms with Gasteiger partial charge in [0.25, 0.3) is 15.9 Å². The normalized spacial score (nSPS) is 13.6. The number of halogens is 3. The summed E-state index contributed by atoms with van der Waals surface area (Å²) in [6, 6.07) is 25.5. The molecule has 294 valence electrons. The third-order valence-corrected chi connectivity index (χ3v) is 11.4. The number of phenolic OH excluding ortho intramolecular Hbond substituents is 1. The second-order valence-corrected chi connectivity index (χ2v) is 15.5. The number of ether oxygens (including phenoxy) is 2. The molecule has 1 fully saturated rings. The molecule has 0 radical (unpaired) electrons. The van der Waals surface area contributed by atoms with Crippen molar-refractivity contribution in [2.75, 3.05) is 62.9 Å². The maximum Gasteiger partial charge on any atom is 0.418 e. The van der Waals surface area contributed by atoms with E-state index in [1.54, 1.807) is 32.4 Å². The van der Waals surface area contributed by atoms with Crippen LogP contribution in [0.4, 0.5) is 24.7 Å². The van der Waals surface area contributed by atoms with Crippen molar-refractivity contribution in [3.8, 4) is 28.4 Å².